The molecular formula is C14H17NO5. The summed E-state index contributed by atoms with van der Waals surface area (Å²) in [6.45, 7) is 3.69. The molecule has 0 aliphatic carbocycles. The number of morpholine rings is 1. The number of rotatable bonds is 3. The third-order valence-electron chi connectivity index (χ3n) is 3.22. The van der Waals surface area contributed by atoms with Crippen LogP contribution < -0.4 is 4.74 Å². The van der Waals surface area contributed by atoms with Gasteiger partial charge < -0.3 is 19.5 Å². The van der Waals surface area contributed by atoms with Crippen molar-refractivity contribution in [2.75, 3.05) is 26.3 Å². The number of hydrogen-bond donors (Lipinski definition) is 1. The van der Waals surface area contributed by atoms with Crippen LogP contribution in [-0.2, 0) is 9.53 Å². The van der Waals surface area contributed by atoms with Crippen LogP contribution in [-0.4, -0.2) is 48.4 Å². The molecule has 1 aromatic carbocycles. The average molecular weight is 279 g/mol. The second-order valence-corrected chi connectivity index (χ2v) is 4.60. The predicted molar refractivity (Wildman–Crippen MR) is 70.9 cm³/mol. The van der Waals surface area contributed by atoms with E-state index in [4.69, 9.17) is 14.6 Å². The van der Waals surface area contributed by atoms with Gasteiger partial charge in [-0.1, -0.05) is 12.1 Å². The van der Waals surface area contributed by atoms with Gasteiger partial charge in [0.05, 0.1) is 19.1 Å². The molecule has 1 aliphatic rings. The Balaban J connectivity index is 1.96. The molecule has 6 nitrogen and oxygen atoms in total. The summed E-state index contributed by atoms with van der Waals surface area (Å²) in [5.74, 6) is -1.06. The van der Waals surface area contributed by atoms with Gasteiger partial charge in [-0.15, -0.1) is 0 Å². The van der Waals surface area contributed by atoms with Crippen molar-refractivity contribution in [1.29, 1.82) is 0 Å². The number of benzene rings is 1. The molecule has 1 N–H and O–H groups in total. The molecule has 1 aromatic rings. The van der Waals surface area contributed by atoms with E-state index in [-0.39, 0.29) is 0 Å². The van der Waals surface area contributed by atoms with Crippen molar-refractivity contribution in [2.24, 2.45) is 0 Å². The van der Waals surface area contributed by atoms with E-state index in [9.17, 15) is 9.59 Å². The number of hydrogen-bond acceptors (Lipinski definition) is 4. The van der Waals surface area contributed by atoms with Crippen LogP contribution in [0.4, 0.5) is 4.79 Å². The van der Waals surface area contributed by atoms with Crippen LogP contribution in [0.1, 0.15) is 18.4 Å². The zero-order valence-corrected chi connectivity index (χ0v) is 11.2. The Morgan fingerprint density at radius 1 is 1.25 bits per heavy atom. The molecule has 1 unspecified atom stereocenters. The Kier molecular flexibility index (Phi) is 4.57. The maximum Gasteiger partial charge on any atom is 0.415 e. The zero-order valence-electron chi connectivity index (χ0n) is 11.2. The molecule has 1 heterocycles. The SMILES string of the molecule is CC(C(=O)O)c1ccc(OC(=O)N2CCOCC2)cc1. The summed E-state index contributed by atoms with van der Waals surface area (Å²) in [4.78, 5) is 24.3. The van der Waals surface area contributed by atoms with Crippen molar-refractivity contribution in [3.63, 3.8) is 0 Å². The van der Waals surface area contributed by atoms with E-state index in [1.807, 2.05) is 0 Å². The van der Waals surface area contributed by atoms with Crippen LogP contribution >= 0.6 is 0 Å². The number of carboxylic acid groups (broad SMARTS) is 1. The van der Waals surface area contributed by atoms with Crippen molar-refractivity contribution in [2.45, 2.75) is 12.8 Å². The lowest BCUT2D eigenvalue weighted by atomic mass is 10.0. The second-order valence-electron chi connectivity index (χ2n) is 4.60. The van der Waals surface area contributed by atoms with Gasteiger partial charge >= 0.3 is 12.1 Å². The van der Waals surface area contributed by atoms with Crippen LogP contribution in [0.15, 0.2) is 24.3 Å². The average Bonchev–Trinajstić information content (AvgIpc) is 2.48. The first kappa shape index (κ1) is 14.3. The molecule has 0 spiro atoms. The van der Waals surface area contributed by atoms with E-state index in [0.717, 1.165) is 0 Å². The van der Waals surface area contributed by atoms with Gasteiger partial charge in [-0.2, -0.15) is 0 Å². The monoisotopic (exact) mass is 279 g/mol. The molecular weight excluding hydrogens is 262 g/mol. The first-order valence-corrected chi connectivity index (χ1v) is 6.45. The van der Waals surface area contributed by atoms with Gasteiger partial charge in [0.15, 0.2) is 0 Å². The maximum atomic E-state index is 11.8. The highest BCUT2D eigenvalue weighted by Crippen LogP contribution is 2.20. The third-order valence-corrected chi connectivity index (χ3v) is 3.22. The van der Waals surface area contributed by atoms with Gasteiger partial charge in [-0.3, -0.25) is 4.79 Å². The summed E-state index contributed by atoms with van der Waals surface area (Å²) in [5.41, 5.74) is 0.670. The highest BCUT2D eigenvalue weighted by molar-refractivity contribution is 5.75. The largest absolute Gasteiger partial charge is 0.481 e. The third kappa shape index (κ3) is 3.48. The Labute approximate surface area is 116 Å². The van der Waals surface area contributed by atoms with Gasteiger partial charge in [-0.05, 0) is 24.6 Å². The molecule has 1 atom stereocenters. The Bertz CT molecular complexity index is 479. The highest BCUT2D eigenvalue weighted by Gasteiger charge is 2.19. The number of ether oxygens (including phenoxy) is 2. The molecule has 2 rings (SSSR count). The van der Waals surface area contributed by atoms with E-state index in [1.165, 1.54) is 0 Å². The van der Waals surface area contributed by atoms with Gasteiger partial charge in [0.2, 0.25) is 0 Å². The minimum Gasteiger partial charge on any atom is -0.481 e. The van der Waals surface area contributed by atoms with E-state index in [2.05, 4.69) is 0 Å². The van der Waals surface area contributed by atoms with Crippen LogP contribution in [0, 0.1) is 0 Å². The lowest BCUT2D eigenvalue weighted by Gasteiger charge is -2.25. The smallest absolute Gasteiger partial charge is 0.415 e. The first-order valence-electron chi connectivity index (χ1n) is 6.45. The van der Waals surface area contributed by atoms with E-state index in [0.29, 0.717) is 37.6 Å². The van der Waals surface area contributed by atoms with E-state index in [1.54, 1.807) is 36.1 Å². The zero-order chi connectivity index (χ0) is 14.5. The molecule has 0 saturated carbocycles. The van der Waals surface area contributed by atoms with Crippen LogP contribution in [0.25, 0.3) is 0 Å². The van der Waals surface area contributed by atoms with Gasteiger partial charge in [0, 0.05) is 13.1 Å². The number of carboxylic acids is 1. The summed E-state index contributed by atoms with van der Waals surface area (Å²) in [7, 11) is 0. The lowest BCUT2D eigenvalue weighted by Crippen LogP contribution is -2.42. The summed E-state index contributed by atoms with van der Waals surface area (Å²) in [5, 5.41) is 8.92. The summed E-state index contributed by atoms with van der Waals surface area (Å²) >= 11 is 0. The highest BCUT2D eigenvalue weighted by atomic mass is 16.6. The molecule has 20 heavy (non-hydrogen) atoms. The van der Waals surface area contributed by atoms with Crippen molar-refractivity contribution in [3.05, 3.63) is 29.8 Å². The Morgan fingerprint density at radius 3 is 2.40 bits per heavy atom. The van der Waals surface area contributed by atoms with E-state index >= 15 is 0 Å². The number of carbonyl (C=O) groups is 2. The molecule has 1 fully saturated rings. The normalized spacial score (nSPS) is 16.6. The molecule has 1 amide bonds. The van der Waals surface area contributed by atoms with Crippen molar-refractivity contribution in [3.8, 4) is 5.75 Å². The number of nitrogens with zero attached hydrogens (tertiary/aromatic N) is 1. The minimum atomic E-state index is -0.886. The van der Waals surface area contributed by atoms with E-state index < -0.39 is 18.0 Å². The maximum absolute atomic E-state index is 11.8. The van der Waals surface area contributed by atoms with Crippen molar-refractivity contribution in [1.82, 2.24) is 4.90 Å². The van der Waals surface area contributed by atoms with Crippen molar-refractivity contribution >= 4 is 12.1 Å². The fraction of sp³-hybridized carbons (Fsp3) is 0.429. The van der Waals surface area contributed by atoms with Crippen LogP contribution in [0.5, 0.6) is 5.75 Å². The lowest BCUT2D eigenvalue weighted by molar-refractivity contribution is -0.138. The molecule has 1 saturated heterocycles. The number of aliphatic carboxylic acids is 1. The first-order chi connectivity index (χ1) is 9.58. The second kappa shape index (κ2) is 6.38. The van der Waals surface area contributed by atoms with Gasteiger partial charge in [0.1, 0.15) is 5.75 Å². The molecule has 108 valence electrons. The summed E-state index contributed by atoms with van der Waals surface area (Å²) in [6.07, 6.45) is -0.410. The number of carbonyl (C=O) groups excluding carboxylic acids is 1. The molecule has 0 aromatic heterocycles. The predicted octanol–water partition coefficient (Wildman–Crippen LogP) is 1.71. The Hall–Kier alpha value is -2.08. The fourth-order valence-corrected chi connectivity index (χ4v) is 1.88. The Morgan fingerprint density at radius 2 is 1.85 bits per heavy atom. The van der Waals surface area contributed by atoms with Gasteiger partial charge in [0.25, 0.3) is 0 Å². The summed E-state index contributed by atoms with van der Waals surface area (Å²) < 4.78 is 10.4. The topological polar surface area (TPSA) is 76.1 Å². The van der Waals surface area contributed by atoms with Gasteiger partial charge in [-0.25, -0.2) is 4.79 Å². The summed E-state index contributed by atoms with van der Waals surface area (Å²) in [6, 6.07) is 6.52. The van der Waals surface area contributed by atoms with Crippen molar-refractivity contribution < 1.29 is 24.2 Å². The quantitative estimate of drug-likeness (QED) is 0.911. The molecule has 0 radical (unpaired) electrons. The van der Waals surface area contributed by atoms with Crippen LogP contribution in [0.3, 0.4) is 0 Å². The fourth-order valence-electron chi connectivity index (χ4n) is 1.88. The molecule has 6 heteroatoms. The standard InChI is InChI=1S/C14H17NO5/c1-10(13(16)17)11-2-4-12(5-3-11)20-14(18)15-6-8-19-9-7-15/h2-5,10H,6-9H2,1H3,(H,16,17). The van der Waals surface area contributed by atoms with Crippen LogP contribution in [0.2, 0.25) is 0 Å². The molecule has 1 aliphatic heterocycles. The number of amides is 1. The minimum absolute atomic E-state index is 0.405. The molecule has 0 bridgehead atoms.